The molecular formula is C30H32Cl2N4O4. The van der Waals surface area contributed by atoms with Crippen molar-refractivity contribution in [2.45, 2.75) is 23.9 Å². The summed E-state index contributed by atoms with van der Waals surface area (Å²) < 4.78 is 11.0. The molecule has 2 atom stereocenters. The van der Waals surface area contributed by atoms with Gasteiger partial charge in [-0.15, -0.1) is 0 Å². The van der Waals surface area contributed by atoms with Gasteiger partial charge in [0.1, 0.15) is 22.6 Å². The summed E-state index contributed by atoms with van der Waals surface area (Å²) in [6.07, 6.45) is 1.13. The molecule has 2 saturated heterocycles. The van der Waals surface area contributed by atoms with Crippen molar-refractivity contribution < 1.29 is 19.1 Å². The predicted molar refractivity (Wildman–Crippen MR) is 156 cm³/mol. The molecule has 0 aromatic heterocycles. The van der Waals surface area contributed by atoms with Gasteiger partial charge in [0.05, 0.1) is 29.8 Å². The van der Waals surface area contributed by atoms with Gasteiger partial charge < -0.3 is 25.4 Å². The van der Waals surface area contributed by atoms with Crippen molar-refractivity contribution in [2.24, 2.45) is 5.73 Å². The van der Waals surface area contributed by atoms with E-state index in [0.717, 1.165) is 11.3 Å². The Balaban J connectivity index is 1.52. The Labute approximate surface area is 243 Å². The number of benzene rings is 3. The SMILES string of the molecule is COc1cccc(OC)c1C(=O)N1CCC(c2ccc(Cl)c(Cl)c2)(N2CCC(Nc3ccccc3)(C(N)=O)C2)C1. The van der Waals surface area contributed by atoms with Gasteiger partial charge in [-0.05, 0) is 54.8 Å². The molecule has 10 heteroatoms. The number of nitrogens with one attached hydrogen (secondary N) is 1. The minimum atomic E-state index is -0.978. The molecule has 2 aliphatic rings. The Kier molecular flexibility index (Phi) is 7.86. The smallest absolute Gasteiger partial charge is 0.261 e. The van der Waals surface area contributed by atoms with Crippen molar-refractivity contribution in [3.05, 3.63) is 87.9 Å². The van der Waals surface area contributed by atoms with E-state index < -0.39 is 17.0 Å². The van der Waals surface area contributed by atoms with Crippen molar-refractivity contribution in [3.63, 3.8) is 0 Å². The number of halogens is 2. The van der Waals surface area contributed by atoms with Crippen LogP contribution in [0.1, 0.15) is 28.8 Å². The zero-order valence-electron chi connectivity index (χ0n) is 22.5. The lowest BCUT2D eigenvalue weighted by atomic mass is 9.86. The van der Waals surface area contributed by atoms with Crippen LogP contribution in [0, 0.1) is 0 Å². The van der Waals surface area contributed by atoms with E-state index >= 15 is 0 Å². The zero-order chi connectivity index (χ0) is 28.5. The van der Waals surface area contributed by atoms with Gasteiger partial charge in [0.25, 0.3) is 5.91 Å². The third-order valence-electron chi connectivity index (χ3n) is 8.14. The van der Waals surface area contributed by atoms with Crippen LogP contribution < -0.4 is 20.5 Å². The Morgan fingerprint density at radius 3 is 2.20 bits per heavy atom. The number of carbonyl (C=O) groups is 2. The van der Waals surface area contributed by atoms with Crippen molar-refractivity contribution in [3.8, 4) is 11.5 Å². The highest BCUT2D eigenvalue weighted by molar-refractivity contribution is 6.42. The second-order valence-corrected chi connectivity index (χ2v) is 11.1. The molecule has 0 bridgehead atoms. The standard InChI is InChI=1S/C30H32Cl2N4O4/c1-39-24-9-6-10-25(40-2)26(24)27(37)35-15-14-30(19-35,20-11-12-22(31)23(32)17-20)36-16-13-29(18-36,28(33)38)34-21-7-4-3-5-8-21/h3-12,17,34H,13-16,18-19H2,1-2H3,(H2,33,38). The number of hydrogen-bond donors (Lipinski definition) is 2. The molecule has 2 heterocycles. The maximum Gasteiger partial charge on any atom is 0.261 e. The monoisotopic (exact) mass is 582 g/mol. The van der Waals surface area contributed by atoms with Gasteiger partial charge in [0.2, 0.25) is 5.91 Å². The van der Waals surface area contributed by atoms with Crippen LogP contribution >= 0.6 is 23.2 Å². The fraction of sp³-hybridized carbons (Fsp3) is 0.333. The van der Waals surface area contributed by atoms with Crippen LogP contribution in [0.4, 0.5) is 5.69 Å². The number of amides is 2. The van der Waals surface area contributed by atoms with E-state index in [4.69, 9.17) is 38.4 Å². The first-order chi connectivity index (χ1) is 19.2. The maximum absolute atomic E-state index is 14.0. The molecule has 210 valence electrons. The Morgan fingerprint density at radius 2 is 1.57 bits per heavy atom. The molecule has 3 aromatic carbocycles. The maximum atomic E-state index is 14.0. The summed E-state index contributed by atoms with van der Waals surface area (Å²) in [5.74, 6) is 0.265. The molecule has 40 heavy (non-hydrogen) atoms. The first-order valence-electron chi connectivity index (χ1n) is 13.1. The minimum Gasteiger partial charge on any atom is -0.496 e. The normalized spacial score (nSPS) is 22.8. The summed E-state index contributed by atoms with van der Waals surface area (Å²) in [6, 6.07) is 20.4. The summed E-state index contributed by atoms with van der Waals surface area (Å²) in [5.41, 5.74) is 6.52. The van der Waals surface area contributed by atoms with Gasteiger partial charge in [-0.1, -0.05) is 53.5 Å². The van der Waals surface area contributed by atoms with Gasteiger partial charge in [0, 0.05) is 31.9 Å². The Morgan fingerprint density at radius 1 is 0.875 bits per heavy atom. The van der Waals surface area contributed by atoms with Crippen LogP contribution in [-0.2, 0) is 10.3 Å². The summed E-state index contributed by atoms with van der Waals surface area (Å²) in [5, 5.41) is 4.29. The highest BCUT2D eigenvalue weighted by Crippen LogP contribution is 2.45. The van der Waals surface area contributed by atoms with Crippen molar-refractivity contribution in [2.75, 3.05) is 45.7 Å². The van der Waals surface area contributed by atoms with Crippen molar-refractivity contribution >= 4 is 40.7 Å². The summed E-state index contributed by atoms with van der Waals surface area (Å²) in [4.78, 5) is 30.9. The number of ether oxygens (including phenoxy) is 2. The van der Waals surface area contributed by atoms with E-state index in [-0.39, 0.29) is 5.91 Å². The molecule has 2 aliphatic heterocycles. The number of hydrogen-bond acceptors (Lipinski definition) is 6. The first-order valence-corrected chi connectivity index (χ1v) is 13.8. The van der Waals surface area contributed by atoms with E-state index in [1.54, 1.807) is 29.2 Å². The van der Waals surface area contributed by atoms with E-state index in [1.165, 1.54) is 14.2 Å². The van der Waals surface area contributed by atoms with Crippen molar-refractivity contribution in [1.82, 2.24) is 9.80 Å². The van der Waals surface area contributed by atoms with Gasteiger partial charge in [0.15, 0.2) is 0 Å². The van der Waals surface area contributed by atoms with Crippen LogP contribution in [0.2, 0.25) is 10.0 Å². The topological polar surface area (TPSA) is 97.1 Å². The number of primary amides is 1. The molecule has 3 N–H and O–H groups in total. The quantitative estimate of drug-likeness (QED) is 0.396. The lowest BCUT2D eigenvalue weighted by Gasteiger charge is -2.40. The van der Waals surface area contributed by atoms with Crippen LogP contribution in [0.25, 0.3) is 0 Å². The number of para-hydroxylation sites is 1. The lowest BCUT2D eigenvalue weighted by Crippen LogP contribution is -2.55. The molecule has 2 fully saturated rings. The summed E-state index contributed by atoms with van der Waals surface area (Å²) in [6.45, 7) is 1.79. The summed E-state index contributed by atoms with van der Waals surface area (Å²) in [7, 11) is 3.06. The number of methoxy groups -OCH3 is 2. The molecule has 0 saturated carbocycles. The lowest BCUT2D eigenvalue weighted by molar-refractivity contribution is -0.122. The molecule has 0 spiro atoms. The zero-order valence-corrected chi connectivity index (χ0v) is 24.0. The van der Waals surface area contributed by atoms with Crippen LogP contribution in [-0.4, -0.2) is 67.6 Å². The molecule has 8 nitrogen and oxygen atoms in total. The van der Waals surface area contributed by atoms with Gasteiger partial charge in [-0.2, -0.15) is 0 Å². The molecular weight excluding hydrogens is 551 g/mol. The van der Waals surface area contributed by atoms with Gasteiger partial charge in [-0.25, -0.2) is 0 Å². The fourth-order valence-corrected chi connectivity index (χ4v) is 6.28. The second kappa shape index (κ2) is 11.2. The highest BCUT2D eigenvalue weighted by atomic mass is 35.5. The predicted octanol–water partition coefficient (Wildman–Crippen LogP) is 4.79. The van der Waals surface area contributed by atoms with Crippen molar-refractivity contribution in [1.29, 1.82) is 0 Å². The Hall–Kier alpha value is -3.46. The number of nitrogens with two attached hydrogens (primary N) is 1. The molecule has 2 amide bonds. The third-order valence-corrected chi connectivity index (χ3v) is 8.88. The molecule has 0 aliphatic carbocycles. The highest BCUT2D eigenvalue weighted by Gasteiger charge is 2.54. The number of likely N-dealkylation sites (tertiary alicyclic amines) is 2. The van der Waals surface area contributed by atoms with Gasteiger partial charge >= 0.3 is 0 Å². The summed E-state index contributed by atoms with van der Waals surface area (Å²) >= 11 is 12.8. The van der Waals surface area contributed by atoms with Crippen LogP contribution in [0.5, 0.6) is 11.5 Å². The van der Waals surface area contributed by atoms with Crippen LogP contribution in [0.3, 0.4) is 0 Å². The third kappa shape index (κ3) is 4.96. The molecule has 5 rings (SSSR count). The fourth-order valence-electron chi connectivity index (χ4n) is 5.99. The number of rotatable bonds is 8. The average Bonchev–Trinajstić information content (AvgIpc) is 3.61. The van der Waals surface area contributed by atoms with Crippen LogP contribution in [0.15, 0.2) is 66.7 Å². The molecule has 2 unspecified atom stereocenters. The first kappa shape index (κ1) is 28.1. The van der Waals surface area contributed by atoms with E-state index in [9.17, 15) is 9.59 Å². The largest absolute Gasteiger partial charge is 0.496 e. The number of carbonyl (C=O) groups excluding carboxylic acids is 2. The van der Waals surface area contributed by atoms with E-state index in [0.29, 0.717) is 66.1 Å². The van der Waals surface area contributed by atoms with Gasteiger partial charge in [-0.3, -0.25) is 14.5 Å². The minimum absolute atomic E-state index is 0.195. The Bertz CT molecular complexity index is 1400. The van der Waals surface area contributed by atoms with E-state index in [1.807, 2.05) is 42.5 Å². The molecule has 0 radical (unpaired) electrons. The van der Waals surface area contributed by atoms with E-state index in [2.05, 4.69) is 10.2 Å². The average molecular weight is 584 g/mol. The second-order valence-electron chi connectivity index (χ2n) is 10.3. The number of nitrogens with zero attached hydrogens (tertiary/aromatic N) is 2. The number of anilines is 1. The molecule has 3 aromatic rings.